The first-order valence-corrected chi connectivity index (χ1v) is 11.2. The first-order valence-electron chi connectivity index (χ1n) is 11.2. The van der Waals surface area contributed by atoms with E-state index in [0.717, 1.165) is 63.3 Å². The summed E-state index contributed by atoms with van der Waals surface area (Å²) in [5.74, 6) is 2.58. The van der Waals surface area contributed by atoms with Gasteiger partial charge < -0.3 is 9.80 Å². The SMILES string of the molecule is Cc1ccc(-n2nnnc2N2CCCC(CN3CCN(c4ccccn4)CC3)C2)cc1. The van der Waals surface area contributed by atoms with Gasteiger partial charge in [0.25, 0.3) is 0 Å². The summed E-state index contributed by atoms with van der Waals surface area (Å²) in [6, 6.07) is 14.5. The Morgan fingerprint density at radius 3 is 2.55 bits per heavy atom. The highest BCUT2D eigenvalue weighted by Crippen LogP contribution is 2.24. The Morgan fingerprint density at radius 1 is 0.935 bits per heavy atom. The summed E-state index contributed by atoms with van der Waals surface area (Å²) in [5, 5.41) is 12.6. The topological polar surface area (TPSA) is 66.2 Å². The third-order valence-corrected chi connectivity index (χ3v) is 6.40. The summed E-state index contributed by atoms with van der Waals surface area (Å²) in [4.78, 5) is 11.9. The van der Waals surface area contributed by atoms with Crippen molar-refractivity contribution < 1.29 is 0 Å². The average molecular weight is 419 g/mol. The molecule has 31 heavy (non-hydrogen) atoms. The van der Waals surface area contributed by atoms with E-state index in [4.69, 9.17) is 0 Å². The fourth-order valence-corrected chi connectivity index (χ4v) is 4.69. The number of nitrogens with zero attached hydrogens (tertiary/aromatic N) is 8. The highest BCUT2D eigenvalue weighted by atomic mass is 15.6. The maximum Gasteiger partial charge on any atom is 0.250 e. The molecule has 2 aliphatic rings. The number of aryl methyl sites for hydroxylation is 1. The number of piperidine rings is 1. The number of tetrazole rings is 1. The normalized spacial score (nSPS) is 20.2. The smallest absolute Gasteiger partial charge is 0.250 e. The molecule has 0 spiro atoms. The summed E-state index contributed by atoms with van der Waals surface area (Å²) in [6.07, 6.45) is 4.32. The van der Waals surface area contributed by atoms with Crippen LogP contribution in [0.2, 0.25) is 0 Å². The Hall–Kier alpha value is -3.00. The van der Waals surface area contributed by atoms with Gasteiger partial charge in [0.2, 0.25) is 5.95 Å². The Balaban J connectivity index is 1.19. The van der Waals surface area contributed by atoms with Crippen molar-refractivity contribution >= 4 is 11.8 Å². The molecular weight excluding hydrogens is 388 g/mol. The van der Waals surface area contributed by atoms with E-state index in [0.29, 0.717) is 5.92 Å². The van der Waals surface area contributed by atoms with Gasteiger partial charge in [-0.2, -0.15) is 4.68 Å². The summed E-state index contributed by atoms with van der Waals surface area (Å²) in [6.45, 7) is 9.51. The number of hydrogen-bond acceptors (Lipinski definition) is 7. The summed E-state index contributed by atoms with van der Waals surface area (Å²) < 4.78 is 1.87. The van der Waals surface area contributed by atoms with Gasteiger partial charge in [0, 0.05) is 52.0 Å². The van der Waals surface area contributed by atoms with Crippen molar-refractivity contribution in [3.05, 3.63) is 54.2 Å². The summed E-state index contributed by atoms with van der Waals surface area (Å²) >= 11 is 0. The lowest BCUT2D eigenvalue weighted by Crippen LogP contribution is -2.50. The number of piperazine rings is 1. The second-order valence-electron chi connectivity index (χ2n) is 8.66. The van der Waals surface area contributed by atoms with E-state index >= 15 is 0 Å². The van der Waals surface area contributed by atoms with Gasteiger partial charge >= 0.3 is 0 Å². The lowest BCUT2D eigenvalue weighted by Gasteiger charge is -2.39. The van der Waals surface area contributed by atoms with Crippen molar-refractivity contribution in [3.63, 3.8) is 0 Å². The van der Waals surface area contributed by atoms with E-state index in [9.17, 15) is 0 Å². The molecule has 0 radical (unpaired) electrons. The minimum Gasteiger partial charge on any atom is -0.354 e. The number of rotatable bonds is 5. The maximum atomic E-state index is 4.50. The van der Waals surface area contributed by atoms with Gasteiger partial charge in [0.1, 0.15) is 5.82 Å². The average Bonchev–Trinajstić information content (AvgIpc) is 3.31. The second-order valence-corrected chi connectivity index (χ2v) is 8.66. The minimum absolute atomic E-state index is 0.637. The van der Waals surface area contributed by atoms with Crippen LogP contribution in [0.15, 0.2) is 48.7 Å². The molecule has 2 aliphatic heterocycles. The third-order valence-electron chi connectivity index (χ3n) is 6.40. The molecule has 1 atom stereocenters. The van der Waals surface area contributed by atoms with Crippen LogP contribution in [-0.4, -0.2) is 75.9 Å². The number of anilines is 2. The molecule has 2 fully saturated rings. The number of aromatic nitrogens is 5. The third kappa shape index (κ3) is 4.54. The summed E-state index contributed by atoms with van der Waals surface area (Å²) in [7, 11) is 0. The highest BCUT2D eigenvalue weighted by Gasteiger charge is 2.27. The van der Waals surface area contributed by atoms with Gasteiger partial charge in [-0.15, -0.1) is 0 Å². The molecule has 0 aliphatic carbocycles. The fourth-order valence-electron chi connectivity index (χ4n) is 4.69. The zero-order valence-electron chi connectivity index (χ0n) is 18.1. The van der Waals surface area contributed by atoms with E-state index < -0.39 is 0 Å². The molecule has 0 bridgehead atoms. The molecule has 162 valence electrons. The van der Waals surface area contributed by atoms with Gasteiger partial charge in [-0.05, 0) is 60.4 Å². The first-order chi connectivity index (χ1) is 15.3. The second kappa shape index (κ2) is 9.01. The van der Waals surface area contributed by atoms with Gasteiger partial charge in [0.15, 0.2) is 0 Å². The van der Waals surface area contributed by atoms with Crippen molar-refractivity contribution in [1.82, 2.24) is 30.1 Å². The molecule has 1 aromatic carbocycles. The molecule has 3 aromatic rings. The zero-order valence-corrected chi connectivity index (χ0v) is 18.1. The van der Waals surface area contributed by atoms with Crippen LogP contribution >= 0.6 is 0 Å². The molecular formula is C23H30N8. The van der Waals surface area contributed by atoms with Gasteiger partial charge in [-0.25, -0.2) is 4.98 Å². The van der Waals surface area contributed by atoms with Gasteiger partial charge in [-0.1, -0.05) is 28.9 Å². The van der Waals surface area contributed by atoms with Crippen LogP contribution in [0.4, 0.5) is 11.8 Å². The van der Waals surface area contributed by atoms with E-state index in [-0.39, 0.29) is 0 Å². The predicted molar refractivity (Wildman–Crippen MR) is 122 cm³/mol. The number of hydrogen-bond donors (Lipinski definition) is 0. The van der Waals surface area contributed by atoms with Crippen molar-refractivity contribution in [2.75, 3.05) is 55.6 Å². The Morgan fingerprint density at radius 2 is 1.77 bits per heavy atom. The van der Waals surface area contributed by atoms with Crippen LogP contribution in [-0.2, 0) is 0 Å². The molecule has 0 N–H and O–H groups in total. The molecule has 0 amide bonds. The van der Waals surface area contributed by atoms with Crippen LogP contribution in [0.25, 0.3) is 5.69 Å². The van der Waals surface area contributed by atoms with E-state index in [1.165, 1.54) is 18.4 Å². The Bertz CT molecular complexity index is 963. The fraction of sp³-hybridized carbons (Fsp3) is 0.478. The lowest BCUT2D eigenvalue weighted by molar-refractivity contribution is 0.205. The van der Waals surface area contributed by atoms with Gasteiger partial charge in [0.05, 0.1) is 5.69 Å². The number of pyridine rings is 1. The molecule has 0 saturated carbocycles. The van der Waals surface area contributed by atoms with Crippen LogP contribution in [0.3, 0.4) is 0 Å². The van der Waals surface area contributed by atoms with Gasteiger partial charge in [-0.3, -0.25) is 4.90 Å². The minimum atomic E-state index is 0.637. The standard InChI is InChI=1S/C23H30N8/c1-19-7-9-21(10-8-19)31-23(25-26-27-31)30-12-4-5-20(18-30)17-28-13-15-29(16-14-28)22-6-2-3-11-24-22/h2-3,6-11,20H,4-5,12-18H2,1H3. The molecule has 2 saturated heterocycles. The van der Waals surface area contributed by atoms with Crippen molar-refractivity contribution in [2.45, 2.75) is 19.8 Å². The Labute approximate surface area is 183 Å². The van der Waals surface area contributed by atoms with Crippen molar-refractivity contribution in [1.29, 1.82) is 0 Å². The molecule has 8 heteroatoms. The van der Waals surface area contributed by atoms with E-state index in [1.54, 1.807) is 0 Å². The van der Waals surface area contributed by atoms with Crippen LogP contribution < -0.4 is 9.80 Å². The van der Waals surface area contributed by atoms with E-state index in [2.05, 4.69) is 78.5 Å². The van der Waals surface area contributed by atoms with Crippen molar-refractivity contribution in [3.8, 4) is 5.69 Å². The first kappa shape index (κ1) is 19.9. The van der Waals surface area contributed by atoms with Crippen LogP contribution in [0.5, 0.6) is 0 Å². The zero-order chi connectivity index (χ0) is 21.0. The monoisotopic (exact) mass is 418 g/mol. The molecule has 5 rings (SSSR count). The largest absolute Gasteiger partial charge is 0.354 e. The highest BCUT2D eigenvalue weighted by molar-refractivity contribution is 5.42. The molecule has 2 aromatic heterocycles. The summed E-state index contributed by atoms with van der Waals surface area (Å²) in [5.41, 5.74) is 2.25. The van der Waals surface area contributed by atoms with Crippen molar-refractivity contribution in [2.24, 2.45) is 5.92 Å². The molecule has 4 heterocycles. The predicted octanol–water partition coefficient (Wildman–Crippen LogP) is 2.40. The molecule has 1 unspecified atom stereocenters. The maximum absolute atomic E-state index is 4.50. The quantitative estimate of drug-likeness (QED) is 0.630. The van der Waals surface area contributed by atoms with Crippen LogP contribution in [0, 0.1) is 12.8 Å². The number of benzene rings is 1. The Kier molecular flexibility index (Phi) is 5.80. The molecule has 8 nitrogen and oxygen atoms in total. The lowest BCUT2D eigenvalue weighted by atomic mass is 9.97. The van der Waals surface area contributed by atoms with Crippen LogP contribution in [0.1, 0.15) is 18.4 Å². The van der Waals surface area contributed by atoms with E-state index in [1.807, 2.05) is 16.9 Å².